The van der Waals surface area contributed by atoms with Gasteiger partial charge in [-0.1, -0.05) is 23.7 Å². The summed E-state index contributed by atoms with van der Waals surface area (Å²) in [5, 5.41) is 34.1. The first-order valence-corrected chi connectivity index (χ1v) is 9.37. The Morgan fingerprint density at radius 1 is 1.25 bits per heavy atom. The summed E-state index contributed by atoms with van der Waals surface area (Å²) in [5.74, 6) is 0. The second-order valence-corrected chi connectivity index (χ2v) is 7.90. The zero-order valence-electron chi connectivity index (χ0n) is 15.7. The van der Waals surface area contributed by atoms with E-state index in [-0.39, 0.29) is 0 Å². The molecule has 1 aliphatic heterocycles. The van der Waals surface area contributed by atoms with Crippen molar-refractivity contribution in [2.75, 3.05) is 0 Å². The number of hydrogen-bond acceptors (Lipinski definition) is 6. The van der Waals surface area contributed by atoms with Crippen LogP contribution in [0.1, 0.15) is 36.1 Å². The third-order valence-corrected chi connectivity index (χ3v) is 5.95. The summed E-state index contributed by atoms with van der Waals surface area (Å²) >= 11 is 6.07. The average molecular weight is 404 g/mol. The van der Waals surface area contributed by atoms with Crippen LogP contribution in [0.15, 0.2) is 36.8 Å². The third-order valence-electron chi connectivity index (χ3n) is 5.52. The summed E-state index contributed by atoms with van der Waals surface area (Å²) in [6, 6.07) is 6.95. The van der Waals surface area contributed by atoms with Gasteiger partial charge < -0.3 is 24.6 Å². The normalized spacial score (nSPS) is 28.8. The van der Waals surface area contributed by atoms with Crippen LogP contribution in [0, 0.1) is 13.8 Å². The number of fused-ring (bicyclic) bond motifs is 1. The Hall–Kier alpha value is -2.03. The fraction of sp³-hybridized carbons (Fsp3) is 0.400. The largest absolute Gasteiger partial charge is 0.386 e. The van der Waals surface area contributed by atoms with Gasteiger partial charge in [-0.2, -0.15) is 0 Å². The van der Waals surface area contributed by atoms with E-state index < -0.39 is 30.1 Å². The van der Waals surface area contributed by atoms with Gasteiger partial charge in [-0.3, -0.25) is 0 Å². The fourth-order valence-corrected chi connectivity index (χ4v) is 3.88. The second-order valence-electron chi connectivity index (χ2n) is 7.49. The highest BCUT2D eigenvalue weighted by Gasteiger charge is 2.55. The molecule has 3 heterocycles. The molecular weight excluding hydrogens is 382 g/mol. The van der Waals surface area contributed by atoms with Crippen molar-refractivity contribution in [2.45, 2.75) is 50.9 Å². The zero-order valence-corrected chi connectivity index (χ0v) is 16.5. The van der Waals surface area contributed by atoms with Gasteiger partial charge in [0, 0.05) is 16.6 Å². The van der Waals surface area contributed by atoms with Gasteiger partial charge in [-0.15, -0.1) is 0 Å². The summed E-state index contributed by atoms with van der Waals surface area (Å²) in [4.78, 5) is 8.45. The van der Waals surface area contributed by atoms with Crippen molar-refractivity contribution in [2.24, 2.45) is 0 Å². The van der Waals surface area contributed by atoms with Crippen LogP contribution < -0.4 is 0 Å². The number of aliphatic hydroxyl groups is 3. The number of aliphatic hydroxyl groups excluding tert-OH is 2. The van der Waals surface area contributed by atoms with Crippen LogP contribution in [0.5, 0.6) is 0 Å². The first-order chi connectivity index (χ1) is 13.2. The first kappa shape index (κ1) is 19.3. The smallest absolute Gasteiger partial charge is 0.164 e. The van der Waals surface area contributed by atoms with Crippen LogP contribution in [0.25, 0.3) is 11.0 Å². The number of aryl methyl sites for hydroxylation is 2. The van der Waals surface area contributed by atoms with Gasteiger partial charge >= 0.3 is 0 Å². The number of ether oxygens (including phenoxy) is 1. The third kappa shape index (κ3) is 2.91. The lowest BCUT2D eigenvalue weighted by Gasteiger charge is -2.30. The van der Waals surface area contributed by atoms with Crippen molar-refractivity contribution in [3.05, 3.63) is 58.6 Å². The highest BCUT2D eigenvalue weighted by Crippen LogP contribution is 2.43. The van der Waals surface area contributed by atoms with Crippen molar-refractivity contribution in [3.8, 4) is 0 Å². The Morgan fingerprint density at radius 2 is 2.00 bits per heavy atom. The Kier molecular flexibility index (Phi) is 4.68. The van der Waals surface area contributed by atoms with E-state index in [0.29, 0.717) is 16.2 Å². The molecule has 8 heteroatoms. The number of hydrogen-bond donors (Lipinski definition) is 3. The van der Waals surface area contributed by atoms with E-state index in [9.17, 15) is 15.3 Å². The molecule has 0 aliphatic carbocycles. The molecule has 1 aliphatic rings. The van der Waals surface area contributed by atoms with E-state index >= 15 is 0 Å². The van der Waals surface area contributed by atoms with Crippen molar-refractivity contribution in [3.63, 3.8) is 0 Å². The molecule has 4 rings (SSSR count). The lowest BCUT2D eigenvalue weighted by Crippen LogP contribution is -2.47. The summed E-state index contributed by atoms with van der Waals surface area (Å²) in [6.45, 7) is 5.16. The Labute approximate surface area is 167 Å². The van der Waals surface area contributed by atoms with Gasteiger partial charge in [0.1, 0.15) is 35.9 Å². The zero-order chi connectivity index (χ0) is 20.2. The van der Waals surface area contributed by atoms with Gasteiger partial charge in [0.2, 0.25) is 0 Å². The lowest BCUT2D eigenvalue weighted by molar-refractivity contribution is -0.115. The number of aromatic nitrogens is 3. The molecule has 28 heavy (non-hydrogen) atoms. The predicted octanol–water partition coefficient (Wildman–Crippen LogP) is 2.44. The minimum Gasteiger partial charge on any atom is -0.386 e. The van der Waals surface area contributed by atoms with E-state index in [1.54, 1.807) is 29.0 Å². The molecule has 0 spiro atoms. The summed E-state index contributed by atoms with van der Waals surface area (Å²) in [7, 11) is 0. The van der Waals surface area contributed by atoms with Crippen LogP contribution in [-0.4, -0.2) is 47.7 Å². The molecule has 5 atom stereocenters. The van der Waals surface area contributed by atoms with Gasteiger partial charge in [0.15, 0.2) is 6.23 Å². The van der Waals surface area contributed by atoms with E-state index in [1.807, 2.05) is 19.9 Å². The fourth-order valence-electron chi connectivity index (χ4n) is 3.76. The molecule has 3 N–H and O–H groups in total. The van der Waals surface area contributed by atoms with Crippen LogP contribution >= 0.6 is 11.6 Å². The van der Waals surface area contributed by atoms with Gasteiger partial charge in [-0.05, 0) is 44.0 Å². The Bertz CT molecular complexity index is 1040. The highest BCUT2D eigenvalue weighted by atomic mass is 35.5. The van der Waals surface area contributed by atoms with E-state index in [1.165, 1.54) is 13.3 Å². The Morgan fingerprint density at radius 3 is 2.71 bits per heavy atom. The average Bonchev–Trinajstić information content (AvgIpc) is 3.17. The van der Waals surface area contributed by atoms with Crippen LogP contribution in [0.3, 0.4) is 0 Å². The molecule has 2 aromatic heterocycles. The van der Waals surface area contributed by atoms with Crippen molar-refractivity contribution >= 4 is 22.6 Å². The summed E-state index contributed by atoms with van der Waals surface area (Å²) < 4.78 is 7.64. The van der Waals surface area contributed by atoms with E-state index in [4.69, 9.17) is 16.3 Å². The molecule has 1 saturated heterocycles. The summed E-state index contributed by atoms with van der Waals surface area (Å²) in [5.41, 5.74) is 1.06. The van der Waals surface area contributed by atoms with E-state index in [0.717, 1.165) is 16.6 Å². The monoisotopic (exact) mass is 403 g/mol. The predicted molar refractivity (Wildman–Crippen MR) is 104 cm³/mol. The minimum atomic E-state index is -1.68. The van der Waals surface area contributed by atoms with Crippen LogP contribution in [-0.2, 0) is 4.74 Å². The molecular formula is C20H22ClN3O4. The molecule has 3 aromatic rings. The molecule has 1 aromatic carbocycles. The number of benzene rings is 1. The number of halogens is 1. The molecule has 0 saturated carbocycles. The first-order valence-electron chi connectivity index (χ1n) is 9.00. The molecule has 1 unspecified atom stereocenters. The lowest BCUT2D eigenvalue weighted by atomic mass is 9.88. The van der Waals surface area contributed by atoms with Gasteiger partial charge in [0.25, 0.3) is 0 Å². The number of rotatable bonds is 3. The summed E-state index contributed by atoms with van der Waals surface area (Å²) in [6.07, 6.45) is -1.20. The molecule has 0 amide bonds. The molecule has 7 nitrogen and oxygen atoms in total. The van der Waals surface area contributed by atoms with Crippen LogP contribution in [0.4, 0.5) is 0 Å². The van der Waals surface area contributed by atoms with Crippen LogP contribution in [0.2, 0.25) is 5.02 Å². The van der Waals surface area contributed by atoms with Crippen molar-refractivity contribution in [1.82, 2.24) is 14.5 Å². The maximum Gasteiger partial charge on any atom is 0.164 e. The van der Waals surface area contributed by atoms with Crippen molar-refractivity contribution < 1.29 is 20.1 Å². The molecule has 0 bridgehead atoms. The SMILES string of the molecule is Cc1cc([C@@H](O)C2O[C@@H](n3ccc4c(C)ncnc43)[C@H](O)[C@]2(C)O)ccc1Cl. The van der Waals surface area contributed by atoms with E-state index in [2.05, 4.69) is 9.97 Å². The van der Waals surface area contributed by atoms with Gasteiger partial charge in [0.05, 0.1) is 5.69 Å². The number of nitrogens with zero attached hydrogens (tertiary/aromatic N) is 3. The molecule has 148 valence electrons. The Balaban J connectivity index is 1.71. The van der Waals surface area contributed by atoms with Gasteiger partial charge in [-0.25, -0.2) is 9.97 Å². The molecule has 0 radical (unpaired) electrons. The topological polar surface area (TPSA) is 101 Å². The minimum absolute atomic E-state index is 0.551. The quantitative estimate of drug-likeness (QED) is 0.621. The second kappa shape index (κ2) is 6.79. The van der Waals surface area contributed by atoms with Crippen molar-refractivity contribution in [1.29, 1.82) is 0 Å². The standard InChI is InChI=1S/C20H22ClN3O4/c1-10-8-12(4-5-14(10)21)15(25)17-20(3,27)16(26)19(28-17)24-7-6-13-11(2)22-9-23-18(13)24/h4-9,15-17,19,25-27H,1-3H3/t15-,16+,17?,19-,20+/m1/s1. The maximum absolute atomic E-state index is 11.0. The highest BCUT2D eigenvalue weighted by molar-refractivity contribution is 6.31. The maximum atomic E-state index is 11.0. The molecule has 1 fully saturated rings.